The number of benzene rings is 3. The first-order valence-electron chi connectivity index (χ1n) is 8.91. The van der Waals surface area contributed by atoms with Gasteiger partial charge in [-0.1, -0.05) is 48.5 Å². The average molecular weight is 357 g/mol. The van der Waals surface area contributed by atoms with Gasteiger partial charge in [0.15, 0.2) is 0 Å². The first-order valence-corrected chi connectivity index (χ1v) is 8.91. The van der Waals surface area contributed by atoms with E-state index in [9.17, 15) is 0 Å². The summed E-state index contributed by atoms with van der Waals surface area (Å²) in [5.74, 6) is 0.499. The fraction of sp³-hybridized carbons (Fsp3) is 0. The molecule has 6 rings (SSSR count). The van der Waals surface area contributed by atoms with Crippen LogP contribution in [0.25, 0.3) is 55.1 Å². The van der Waals surface area contributed by atoms with Gasteiger partial charge in [-0.05, 0) is 22.9 Å². The molecule has 0 aliphatic heterocycles. The van der Waals surface area contributed by atoms with Crippen LogP contribution in [-0.4, -0.2) is 4.40 Å². The van der Waals surface area contributed by atoms with E-state index in [1.54, 1.807) is 0 Å². The number of furan rings is 1. The molecule has 0 saturated carbocycles. The lowest BCUT2D eigenvalue weighted by Crippen LogP contribution is -1.89. The summed E-state index contributed by atoms with van der Waals surface area (Å²) in [5, 5.41) is 25.0. The third-order valence-corrected chi connectivity index (χ3v) is 5.43. The molecule has 4 nitrogen and oxygen atoms in total. The van der Waals surface area contributed by atoms with E-state index in [1.807, 2.05) is 36.4 Å². The first-order chi connectivity index (χ1) is 13.8. The highest BCUT2D eigenvalue weighted by Gasteiger charge is 2.20. The molecule has 0 bridgehead atoms. The summed E-state index contributed by atoms with van der Waals surface area (Å²) >= 11 is 0. The molecule has 4 heteroatoms. The van der Waals surface area contributed by atoms with E-state index in [0.29, 0.717) is 5.76 Å². The van der Waals surface area contributed by atoms with E-state index >= 15 is 0 Å². The quantitative estimate of drug-likeness (QED) is 0.338. The van der Waals surface area contributed by atoms with E-state index < -0.39 is 0 Å². The Bertz CT molecular complexity index is 1670. The summed E-state index contributed by atoms with van der Waals surface area (Å²) in [7, 11) is 0. The van der Waals surface area contributed by atoms with Crippen molar-refractivity contribution in [3.63, 3.8) is 0 Å². The van der Waals surface area contributed by atoms with Crippen molar-refractivity contribution < 1.29 is 4.42 Å². The molecular weight excluding hydrogens is 346 g/mol. The molecule has 0 unspecified atom stereocenters. The number of pyridine rings is 1. The Labute approximate surface area is 159 Å². The third kappa shape index (κ3) is 1.72. The summed E-state index contributed by atoms with van der Waals surface area (Å²) in [5.41, 5.74) is 2.95. The summed E-state index contributed by atoms with van der Waals surface area (Å²) in [4.78, 5) is 0. The molecule has 0 atom stereocenters. The van der Waals surface area contributed by atoms with Gasteiger partial charge in [-0.15, -0.1) is 0 Å². The minimum Gasteiger partial charge on any atom is -0.440 e. The van der Waals surface area contributed by atoms with Crippen molar-refractivity contribution in [2.24, 2.45) is 0 Å². The van der Waals surface area contributed by atoms with Crippen LogP contribution in [0.1, 0.15) is 5.76 Å². The second-order valence-corrected chi connectivity index (χ2v) is 6.87. The van der Waals surface area contributed by atoms with Crippen molar-refractivity contribution in [3.8, 4) is 12.1 Å². The highest BCUT2D eigenvalue weighted by molar-refractivity contribution is 6.28. The smallest absolute Gasteiger partial charge is 0.213 e. The van der Waals surface area contributed by atoms with E-state index in [1.165, 1.54) is 27.6 Å². The number of nitrogens with zero attached hydrogens (tertiary/aromatic N) is 3. The molecule has 0 saturated heterocycles. The number of aromatic nitrogens is 1. The molecule has 0 fully saturated rings. The van der Waals surface area contributed by atoms with Crippen LogP contribution >= 0.6 is 0 Å². The molecule has 128 valence electrons. The van der Waals surface area contributed by atoms with Gasteiger partial charge in [-0.25, -0.2) is 0 Å². The SMILES string of the molecule is N#CC(C#N)=Cc1cc2c3cccc4ccc5c6ccccc6n(c2o1)c5c43. The maximum absolute atomic E-state index is 9.10. The van der Waals surface area contributed by atoms with Gasteiger partial charge in [0.05, 0.1) is 11.0 Å². The van der Waals surface area contributed by atoms with Crippen molar-refractivity contribution in [2.45, 2.75) is 0 Å². The highest BCUT2D eigenvalue weighted by Crippen LogP contribution is 2.41. The molecule has 0 aliphatic carbocycles. The van der Waals surface area contributed by atoms with Crippen LogP contribution in [0.15, 0.2) is 70.7 Å². The number of hydrogen-bond donors (Lipinski definition) is 0. The van der Waals surface area contributed by atoms with Crippen molar-refractivity contribution in [1.29, 1.82) is 10.5 Å². The van der Waals surface area contributed by atoms with Crippen LogP contribution < -0.4 is 0 Å². The second-order valence-electron chi connectivity index (χ2n) is 6.87. The Kier molecular flexibility index (Phi) is 2.72. The zero-order valence-corrected chi connectivity index (χ0v) is 14.6. The van der Waals surface area contributed by atoms with Gasteiger partial charge in [0, 0.05) is 27.6 Å². The fourth-order valence-electron chi connectivity index (χ4n) is 4.32. The molecular formula is C24H11N3O. The monoisotopic (exact) mass is 357 g/mol. The van der Waals surface area contributed by atoms with E-state index in [-0.39, 0.29) is 5.57 Å². The molecule has 0 spiro atoms. The van der Waals surface area contributed by atoms with Crippen LogP contribution in [0.5, 0.6) is 0 Å². The van der Waals surface area contributed by atoms with Crippen LogP contribution in [-0.2, 0) is 0 Å². The maximum Gasteiger partial charge on any atom is 0.213 e. The topological polar surface area (TPSA) is 65.1 Å². The lowest BCUT2D eigenvalue weighted by molar-refractivity contribution is 0.589. The van der Waals surface area contributed by atoms with Crippen molar-refractivity contribution in [1.82, 2.24) is 4.40 Å². The van der Waals surface area contributed by atoms with Gasteiger partial charge in [0.1, 0.15) is 23.5 Å². The van der Waals surface area contributed by atoms with E-state index in [2.05, 4.69) is 40.8 Å². The predicted molar refractivity (Wildman–Crippen MR) is 110 cm³/mol. The Morgan fingerprint density at radius 2 is 1.68 bits per heavy atom. The zero-order chi connectivity index (χ0) is 18.8. The molecule has 0 aliphatic rings. The molecule has 6 aromatic rings. The number of fused-ring (bicyclic) bond motifs is 6. The Balaban J connectivity index is 1.94. The number of hydrogen-bond acceptors (Lipinski definition) is 3. The first kappa shape index (κ1) is 14.8. The minimum atomic E-state index is 0.0179. The van der Waals surface area contributed by atoms with Gasteiger partial charge in [0.2, 0.25) is 5.71 Å². The van der Waals surface area contributed by atoms with Crippen molar-refractivity contribution >= 4 is 55.1 Å². The van der Waals surface area contributed by atoms with E-state index in [4.69, 9.17) is 14.9 Å². The molecule has 0 amide bonds. The lowest BCUT2D eigenvalue weighted by Gasteiger charge is -2.08. The van der Waals surface area contributed by atoms with Crippen molar-refractivity contribution in [3.05, 3.63) is 72.0 Å². The molecule has 0 radical (unpaired) electrons. The van der Waals surface area contributed by atoms with Gasteiger partial charge < -0.3 is 4.42 Å². The fourth-order valence-corrected chi connectivity index (χ4v) is 4.32. The van der Waals surface area contributed by atoms with Crippen LogP contribution in [0.2, 0.25) is 0 Å². The Hall–Kier alpha value is -4.28. The standard InChI is InChI=1S/C24H11N3O/c25-12-14(13-26)10-16-11-20-18-6-3-4-15-8-9-19-17-5-1-2-7-21(17)27(24(20)28-16)23(19)22(15)18/h1-11H. The van der Waals surface area contributed by atoms with Crippen LogP contribution in [0.4, 0.5) is 0 Å². The lowest BCUT2D eigenvalue weighted by atomic mass is 10.0. The Morgan fingerprint density at radius 1 is 0.857 bits per heavy atom. The second kappa shape index (κ2) is 5.13. The molecule has 3 aromatic heterocycles. The molecule has 3 heterocycles. The van der Waals surface area contributed by atoms with Gasteiger partial charge >= 0.3 is 0 Å². The third-order valence-electron chi connectivity index (χ3n) is 5.43. The van der Waals surface area contributed by atoms with Gasteiger partial charge in [0.25, 0.3) is 0 Å². The maximum atomic E-state index is 9.10. The zero-order valence-electron chi connectivity index (χ0n) is 14.6. The minimum absolute atomic E-state index is 0.0179. The summed E-state index contributed by atoms with van der Waals surface area (Å²) in [6, 6.07) is 24.6. The molecule has 3 aromatic carbocycles. The number of nitriles is 2. The molecule has 0 N–H and O–H groups in total. The number of para-hydroxylation sites is 1. The van der Waals surface area contributed by atoms with Crippen molar-refractivity contribution in [2.75, 3.05) is 0 Å². The normalized spacial score (nSPS) is 11.5. The van der Waals surface area contributed by atoms with E-state index in [0.717, 1.165) is 27.5 Å². The largest absolute Gasteiger partial charge is 0.440 e. The average Bonchev–Trinajstić information content (AvgIpc) is 3.30. The Morgan fingerprint density at radius 3 is 2.54 bits per heavy atom. The highest BCUT2D eigenvalue weighted by atomic mass is 16.3. The van der Waals surface area contributed by atoms with Gasteiger partial charge in [-0.3, -0.25) is 4.40 Å². The summed E-state index contributed by atoms with van der Waals surface area (Å²) in [6.07, 6.45) is 1.49. The van der Waals surface area contributed by atoms with Crippen LogP contribution in [0.3, 0.4) is 0 Å². The predicted octanol–water partition coefficient (Wildman–Crippen LogP) is 6.01. The molecule has 28 heavy (non-hydrogen) atoms. The summed E-state index contributed by atoms with van der Waals surface area (Å²) in [6.45, 7) is 0. The number of allylic oxidation sites excluding steroid dienone is 1. The summed E-state index contributed by atoms with van der Waals surface area (Å²) < 4.78 is 8.33. The van der Waals surface area contributed by atoms with Gasteiger partial charge in [-0.2, -0.15) is 10.5 Å². The number of rotatable bonds is 1. The van der Waals surface area contributed by atoms with Crippen LogP contribution in [0, 0.1) is 22.7 Å².